The molecule has 15 heavy (non-hydrogen) atoms. The average Bonchev–Trinajstić information content (AvgIpc) is 2.53. The number of rotatable bonds is 0. The molecule has 0 spiro atoms. The van der Waals surface area contributed by atoms with Gasteiger partial charge in [-0.05, 0) is 48.9 Å². The Hall–Kier alpha value is 0. The molecule has 5 atom stereocenters. The van der Waals surface area contributed by atoms with Crippen molar-refractivity contribution in [3.8, 4) is 0 Å². The standard InChI is InChI=1S/C15H26/c1-11-9-10-15-13(11)8-4-6-12-5-2-3-7-14(12)15/h11-15H,2-10H2,1H3. The normalized spacial score (nSPS) is 50.6. The second kappa shape index (κ2) is 4.11. The van der Waals surface area contributed by atoms with Gasteiger partial charge in [0.05, 0.1) is 0 Å². The van der Waals surface area contributed by atoms with Crippen LogP contribution in [0.3, 0.4) is 0 Å². The SMILES string of the molecule is CC1CCC2C1CCCC1CCCCC12. The Balaban J connectivity index is 1.80. The molecule has 5 unspecified atom stereocenters. The Morgan fingerprint density at radius 1 is 0.600 bits per heavy atom. The first kappa shape index (κ1) is 10.2. The van der Waals surface area contributed by atoms with Crippen molar-refractivity contribution in [3.63, 3.8) is 0 Å². The van der Waals surface area contributed by atoms with Crippen molar-refractivity contribution in [1.82, 2.24) is 0 Å². The molecule has 0 radical (unpaired) electrons. The van der Waals surface area contributed by atoms with E-state index >= 15 is 0 Å². The van der Waals surface area contributed by atoms with Gasteiger partial charge in [0.25, 0.3) is 0 Å². The molecule has 0 heteroatoms. The van der Waals surface area contributed by atoms with Crippen LogP contribution in [0.5, 0.6) is 0 Å². The van der Waals surface area contributed by atoms with Gasteiger partial charge in [0.1, 0.15) is 0 Å². The van der Waals surface area contributed by atoms with E-state index in [0.717, 1.165) is 29.6 Å². The third-order valence-electron chi connectivity index (χ3n) is 5.87. The second-order valence-electron chi connectivity index (χ2n) is 6.52. The third kappa shape index (κ3) is 1.74. The van der Waals surface area contributed by atoms with Crippen molar-refractivity contribution >= 4 is 0 Å². The molecule has 3 saturated carbocycles. The average molecular weight is 206 g/mol. The lowest BCUT2D eigenvalue weighted by atomic mass is 9.69. The largest absolute Gasteiger partial charge is 0.0622 e. The van der Waals surface area contributed by atoms with Crippen LogP contribution in [0, 0.1) is 29.6 Å². The van der Waals surface area contributed by atoms with E-state index in [4.69, 9.17) is 0 Å². The van der Waals surface area contributed by atoms with Gasteiger partial charge in [-0.2, -0.15) is 0 Å². The molecule has 86 valence electrons. The van der Waals surface area contributed by atoms with Crippen molar-refractivity contribution in [1.29, 1.82) is 0 Å². The van der Waals surface area contributed by atoms with Crippen LogP contribution in [-0.2, 0) is 0 Å². The maximum atomic E-state index is 2.52. The zero-order valence-corrected chi connectivity index (χ0v) is 10.3. The summed E-state index contributed by atoms with van der Waals surface area (Å²) in [4.78, 5) is 0. The van der Waals surface area contributed by atoms with Gasteiger partial charge < -0.3 is 0 Å². The highest BCUT2D eigenvalue weighted by Gasteiger charge is 2.42. The van der Waals surface area contributed by atoms with Crippen LogP contribution in [0.25, 0.3) is 0 Å². The monoisotopic (exact) mass is 206 g/mol. The fourth-order valence-corrected chi connectivity index (χ4v) is 5.11. The van der Waals surface area contributed by atoms with Crippen LogP contribution in [-0.4, -0.2) is 0 Å². The Labute approximate surface area is 94.8 Å². The summed E-state index contributed by atoms with van der Waals surface area (Å²) < 4.78 is 0. The van der Waals surface area contributed by atoms with E-state index in [2.05, 4.69) is 6.92 Å². The van der Waals surface area contributed by atoms with Gasteiger partial charge in [0.15, 0.2) is 0 Å². The van der Waals surface area contributed by atoms with Crippen molar-refractivity contribution in [2.45, 2.75) is 64.7 Å². The van der Waals surface area contributed by atoms with Gasteiger partial charge in [-0.25, -0.2) is 0 Å². The van der Waals surface area contributed by atoms with Crippen molar-refractivity contribution < 1.29 is 0 Å². The highest BCUT2D eigenvalue weighted by atomic mass is 14.5. The van der Waals surface area contributed by atoms with Crippen molar-refractivity contribution in [2.24, 2.45) is 29.6 Å². The fraction of sp³-hybridized carbons (Fsp3) is 1.00. The van der Waals surface area contributed by atoms with Gasteiger partial charge in [0.2, 0.25) is 0 Å². The first-order valence-corrected chi connectivity index (χ1v) is 7.36. The van der Waals surface area contributed by atoms with Gasteiger partial charge in [-0.15, -0.1) is 0 Å². The molecule has 3 fully saturated rings. The molecular formula is C15H26. The zero-order valence-electron chi connectivity index (χ0n) is 10.3. The summed E-state index contributed by atoms with van der Waals surface area (Å²) >= 11 is 0. The number of fused-ring (bicyclic) bond motifs is 3. The Bertz CT molecular complexity index is 218. The highest BCUT2D eigenvalue weighted by molar-refractivity contribution is 4.93. The summed E-state index contributed by atoms with van der Waals surface area (Å²) in [6.07, 6.45) is 14.0. The molecule has 3 rings (SSSR count). The molecule has 0 N–H and O–H groups in total. The van der Waals surface area contributed by atoms with Crippen LogP contribution < -0.4 is 0 Å². The molecule has 0 aromatic carbocycles. The third-order valence-corrected chi connectivity index (χ3v) is 5.87. The molecule has 3 aliphatic carbocycles. The van der Waals surface area contributed by atoms with E-state index in [-0.39, 0.29) is 0 Å². The van der Waals surface area contributed by atoms with Crippen molar-refractivity contribution in [3.05, 3.63) is 0 Å². The zero-order chi connectivity index (χ0) is 10.3. The van der Waals surface area contributed by atoms with Crippen LogP contribution in [0.2, 0.25) is 0 Å². The lowest BCUT2D eigenvalue weighted by Gasteiger charge is -2.36. The molecule has 0 heterocycles. The van der Waals surface area contributed by atoms with E-state index < -0.39 is 0 Å². The predicted octanol–water partition coefficient (Wildman–Crippen LogP) is 4.64. The summed E-state index contributed by atoms with van der Waals surface area (Å²) in [5.41, 5.74) is 0. The minimum atomic E-state index is 1.05. The second-order valence-corrected chi connectivity index (χ2v) is 6.52. The van der Waals surface area contributed by atoms with Crippen LogP contribution in [0.1, 0.15) is 64.7 Å². The fourth-order valence-electron chi connectivity index (χ4n) is 5.11. The lowest BCUT2D eigenvalue weighted by Crippen LogP contribution is -2.27. The van der Waals surface area contributed by atoms with Gasteiger partial charge in [-0.1, -0.05) is 45.4 Å². The lowest BCUT2D eigenvalue weighted by molar-refractivity contribution is 0.139. The predicted molar refractivity (Wildman–Crippen MR) is 64.7 cm³/mol. The van der Waals surface area contributed by atoms with Gasteiger partial charge >= 0.3 is 0 Å². The Kier molecular flexibility index (Phi) is 2.79. The number of hydrogen-bond donors (Lipinski definition) is 0. The maximum absolute atomic E-state index is 2.52. The molecule has 0 bridgehead atoms. The summed E-state index contributed by atoms with van der Waals surface area (Å²) in [6.45, 7) is 2.52. The summed E-state index contributed by atoms with van der Waals surface area (Å²) in [5, 5.41) is 0. The van der Waals surface area contributed by atoms with Crippen LogP contribution >= 0.6 is 0 Å². The van der Waals surface area contributed by atoms with Crippen LogP contribution in [0.15, 0.2) is 0 Å². The van der Waals surface area contributed by atoms with E-state index in [1.807, 2.05) is 0 Å². The first-order valence-electron chi connectivity index (χ1n) is 7.36. The first-order chi connectivity index (χ1) is 7.36. The van der Waals surface area contributed by atoms with Gasteiger partial charge in [-0.3, -0.25) is 0 Å². The summed E-state index contributed by atoms with van der Waals surface area (Å²) in [6, 6.07) is 0. The Morgan fingerprint density at radius 2 is 1.33 bits per heavy atom. The van der Waals surface area contributed by atoms with Crippen molar-refractivity contribution in [2.75, 3.05) is 0 Å². The molecular weight excluding hydrogens is 180 g/mol. The Morgan fingerprint density at radius 3 is 2.27 bits per heavy atom. The topological polar surface area (TPSA) is 0 Å². The molecule has 0 aliphatic heterocycles. The summed E-state index contributed by atoms with van der Waals surface area (Å²) in [5.74, 6) is 5.61. The number of hydrogen-bond acceptors (Lipinski definition) is 0. The molecule has 0 amide bonds. The summed E-state index contributed by atoms with van der Waals surface area (Å²) in [7, 11) is 0. The molecule has 0 nitrogen and oxygen atoms in total. The molecule has 0 aromatic heterocycles. The molecule has 3 aliphatic rings. The van der Waals surface area contributed by atoms with Crippen LogP contribution in [0.4, 0.5) is 0 Å². The maximum Gasteiger partial charge on any atom is -0.0352 e. The highest BCUT2D eigenvalue weighted by Crippen LogP contribution is 2.52. The minimum Gasteiger partial charge on any atom is -0.0622 e. The molecule has 0 saturated heterocycles. The van der Waals surface area contributed by atoms with E-state index in [1.165, 1.54) is 6.42 Å². The van der Waals surface area contributed by atoms with Gasteiger partial charge in [0, 0.05) is 0 Å². The quantitative estimate of drug-likeness (QED) is 0.541. The minimum absolute atomic E-state index is 1.05. The smallest absolute Gasteiger partial charge is 0.0352 e. The van der Waals surface area contributed by atoms with E-state index in [1.54, 1.807) is 51.4 Å². The van der Waals surface area contributed by atoms with E-state index in [0.29, 0.717) is 0 Å². The van der Waals surface area contributed by atoms with E-state index in [9.17, 15) is 0 Å². The molecule has 0 aromatic rings.